The van der Waals surface area contributed by atoms with Crippen molar-refractivity contribution in [1.29, 1.82) is 0 Å². The summed E-state index contributed by atoms with van der Waals surface area (Å²) in [5.74, 6) is 0.314. The predicted octanol–water partition coefficient (Wildman–Crippen LogP) is 1.78. The van der Waals surface area contributed by atoms with Gasteiger partial charge in [-0.3, -0.25) is 4.90 Å². The average Bonchev–Trinajstić information content (AvgIpc) is 2.26. The summed E-state index contributed by atoms with van der Waals surface area (Å²) in [4.78, 5) is 2.34. The Kier molecular flexibility index (Phi) is 4.88. The maximum Gasteiger partial charge on any atom is 0.153 e. The van der Waals surface area contributed by atoms with Crippen LogP contribution in [0.5, 0.6) is 0 Å². The van der Waals surface area contributed by atoms with Crippen molar-refractivity contribution in [3.8, 4) is 0 Å². The molecule has 1 fully saturated rings. The van der Waals surface area contributed by atoms with Crippen LogP contribution in [-0.2, 0) is 0 Å². The fourth-order valence-corrected chi connectivity index (χ4v) is 2.36. The third-order valence-electron chi connectivity index (χ3n) is 3.18. The molecule has 1 aliphatic carbocycles. The fourth-order valence-electron chi connectivity index (χ4n) is 2.36. The molecular weight excluding hydrogens is 190 g/mol. The van der Waals surface area contributed by atoms with Crippen molar-refractivity contribution in [1.82, 2.24) is 4.90 Å². The van der Waals surface area contributed by atoms with Crippen molar-refractivity contribution in [2.24, 2.45) is 10.9 Å². The smallest absolute Gasteiger partial charge is 0.153 e. The molecule has 1 saturated carbocycles. The minimum absolute atomic E-state index is 0.314. The predicted molar refractivity (Wildman–Crippen MR) is 62.1 cm³/mol. The van der Waals surface area contributed by atoms with E-state index < -0.39 is 0 Å². The average molecular weight is 213 g/mol. The molecule has 0 unspecified atom stereocenters. The van der Waals surface area contributed by atoms with Crippen LogP contribution in [0.1, 0.15) is 46.0 Å². The Morgan fingerprint density at radius 3 is 2.47 bits per heavy atom. The number of oxime groups is 1. The van der Waals surface area contributed by atoms with Crippen LogP contribution in [0, 0.1) is 0 Å². The van der Waals surface area contributed by atoms with Crippen molar-refractivity contribution in [2.45, 2.75) is 58.0 Å². The highest BCUT2D eigenvalue weighted by Crippen LogP contribution is 2.23. The Balaban J connectivity index is 2.55. The van der Waals surface area contributed by atoms with Gasteiger partial charge < -0.3 is 10.9 Å². The fraction of sp³-hybridized carbons (Fsp3) is 0.909. The summed E-state index contributed by atoms with van der Waals surface area (Å²) in [5.41, 5.74) is 5.58. The first kappa shape index (κ1) is 12.3. The lowest BCUT2D eigenvalue weighted by molar-refractivity contribution is 0.139. The molecule has 0 spiro atoms. The van der Waals surface area contributed by atoms with Gasteiger partial charge in [0.2, 0.25) is 0 Å². The van der Waals surface area contributed by atoms with Crippen LogP contribution in [0.3, 0.4) is 0 Å². The summed E-state index contributed by atoms with van der Waals surface area (Å²) in [7, 11) is 0. The van der Waals surface area contributed by atoms with Gasteiger partial charge in [-0.1, -0.05) is 24.4 Å². The quantitative estimate of drug-likeness (QED) is 0.324. The SMILES string of the molecule is CC(C)N(CC(N)=NO)C1CCCCC1. The third kappa shape index (κ3) is 3.70. The summed E-state index contributed by atoms with van der Waals surface area (Å²) in [6, 6.07) is 1.06. The van der Waals surface area contributed by atoms with Gasteiger partial charge >= 0.3 is 0 Å². The zero-order chi connectivity index (χ0) is 11.3. The number of hydrogen-bond acceptors (Lipinski definition) is 3. The number of nitrogens with zero attached hydrogens (tertiary/aromatic N) is 2. The second-order valence-electron chi connectivity index (χ2n) is 4.65. The Bertz CT molecular complexity index is 210. The molecular formula is C11H23N3O. The lowest BCUT2D eigenvalue weighted by Gasteiger charge is -2.36. The Hall–Kier alpha value is -0.770. The number of amidine groups is 1. The number of hydrogen-bond donors (Lipinski definition) is 2. The molecule has 3 N–H and O–H groups in total. The van der Waals surface area contributed by atoms with Crippen LogP contribution in [-0.4, -0.2) is 34.6 Å². The second kappa shape index (κ2) is 5.95. The van der Waals surface area contributed by atoms with Crippen molar-refractivity contribution in [3.05, 3.63) is 0 Å². The summed E-state index contributed by atoms with van der Waals surface area (Å²) < 4.78 is 0. The maximum absolute atomic E-state index is 8.60. The summed E-state index contributed by atoms with van der Waals surface area (Å²) >= 11 is 0. The van der Waals surface area contributed by atoms with E-state index in [0.29, 0.717) is 24.5 Å². The van der Waals surface area contributed by atoms with Crippen molar-refractivity contribution >= 4 is 5.84 Å². The van der Waals surface area contributed by atoms with E-state index in [1.807, 2.05) is 0 Å². The highest BCUT2D eigenvalue weighted by atomic mass is 16.4. The molecule has 4 heteroatoms. The van der Waals surface area contributed by atoms with Crippen molar-refractivity contribution < 1.29 is 5.21 Å². The lowest BCUT2D eigenvalue weighted by atomic mass is 9.93. The van der Waals surface area contributed by atoms with E-state index in [2.05, 4.69) is 23.9 Å². The van der Waals surface area contributed by atoms with Crippen LogP contribution >= 0.6 is 0 Å². The van der Waals surface area contributed by atoms with Gasteiger partial charge in [0.05, 0.1) is 6.54 Å². The van der Waals surface area contributed by atoms with Gasteiger partial charge in [0.15, 0.2) is 5.84 Å². The normalized spacial score (nSPS) is 20.1. The van der Waals surface area contributed by atoms with Gasteiger partial charge in [-0.15, -0.1) is 0 Å². The van der Waals surface area contributed by atoms with Crippen molar-refractivity contribution in [3.63, 3.8) is 0 Å². The molecule has 88 valence electrons. The van der Waals surface area contributed by atoms with Crippen LogP contribution in [0.15, 0.2) is 5.16 Å². The highest BCUT2D eigenvalue weighted by Gasteiger charge is 2.23. The van der Waals surface area contributed by atoms with Crippen LogP contribution in [0.25, 0.3) is 0 Å². The monoisotopic (exact) mass is 213 g/mol. The first-order valence-electron chi connectivity index (χ1n) is 5.87. The third-order valence-corrected chi connectivity index (χ3v) is 3.18. The Morgan fingerprint density at radius 1 is 1.40 bits per heavy atom. The van der Waals surface area contributed by atoms with Gasteiger partial charge in [-0.25, -0.2) is 0 Å². The topological polar surface area (TPSA) is 61.8 Å². The minimum atomic E-state index is 0.314. The molecule has 0 radical (unpaired) electrons. The molecule has 0 aromatic heterocycles. The maximum atomic E-state index is 8.60. The largest absolute Gasteiger partial charge is 0.409 e. The van der Waals surface area contributed by atoms with E-state index in [9.17, 15) is 0 Å². The van der Waals surface area contributed by atoms with E-state index in [0.717, 1.165) is 0 Å². The zero-order valence-electron chi connectivity index (χ0n) is 9.82. The van der Waals surface area contributed by atoms with Crippen molar-refractivity contribution in [2.75, 3.05) is 6.54 Å². The van der Waals surface area contributed by atoms with E-state index in [4.69, 9.17) is 10.9 Å². The van der Waals surface area contributed by atoms with Gasteiger partial charge in [0, 0.05) is 12.1 Å². The van der Waals surface area contributed by atoms with Gasteiger partial charge in [0.1, 0.15) is 0 Å². The molecule has 1 rings (SSSR count). The summed E-state index contributed by atoms with van der Waals surface area (Å²) in [6.45, 7) is 4.91. The van der Waals surface area contributed by atoms with Gasteiger partial charge in [0.25, 0.3) is 0 Å². The molecule has 0 aromatic carbocycles. The molecule has 0 aliphatic heterocycles. The van der Waals surface area contributed by atoms with E-state index in [1.165, 1.54) is 32.1 Å². The molecule has 15 heavy (non-hydrogen) atoms. The van der Waals surface area contributed by atoms with Crippen LogP contribution < -0.4 is 5.73 Å². The van der Waals surface area contributed by atoms with E-state index >= 15 is 0 Å². The summed E-state index contributed by atoms with van der Waals surface area (Å²) in [5, 5.41) is 11.7. The zero-order valence-corrected chi connectivity index (χ0v) is 9.82. The molecule has 0 bridgehead atoms. The van der Waals surface area contributed by atoms with E-state index in [1.54, 1.807) is 0 Å². The van der Waals surface area contributed by atoms with Crippen LogP contribution in [0.4, 0.5) is 0 Å². The molecule has 0 aromatic rings. The standard InChI is InChI=1S/C11H23N3O/c1-9(2)14(8-11(12)13-15)10-6-4-3-5-7-10/h9-10,15H,3-8H2,1-2H3,(H2,12,13). The summed E-state index contributed by atoms with van der Waals surface area (Å²) in [6.07, 6.45) is 6.47. The molecule has 0 atom stereocenters. The molecule has 0 heterocycles. The van der Waals surface area contributed by atoms with Crippen LogP contribution in [0.2, 0.25) is 0 Å². The van der Waals surface area contributed by atoms with Gasteiger partial charge in [-0.05, 0) is 26.7 Å². The number of nitrogens with two attached hydrogens (primary N) is 1. The Labute approximate surface area is 92.1 Å². The molecule has 1 aliphatic rings. The number of rotatable bonds is 4. The lowest BCUT2D eigenvalue weighted by Crippen LogP contribution is -2.46. The Morgan fingerprint density at radius 2 is 2.00 bits per heavy atom. The molecule has 0 saturated heterocycles. The minimum Gasteiger partial charge on any atom is -0.409 e. The van der Waals surface area contributed by atoms with E-state index in [-0.39, 0.29) is 0 Å². The first-order chi connectivity index (χ1) is 7.15. The molecule has 4 nitrogen and oxygen atoms in total. The van der Waals surface area contributed by atoms with Gasteiger partial charge in [-0.2, -0.15) is 0 Å². The molecule has 0 amide bonds. The first-order valence-corrected chi connectivity index (χ1v) is 5.87. The second-order valence-corrected chi connectivity index (χ2v) is 4.65. The highest BCUT2D eigenvalue weighted by molar-refractivity contribution is 5.81.